The summed E-state index contributed by atoms with van der Waals surface area (Å²) in [5.41, 5.74) is 2.90. The second-order valence-corrected chi connectivity index (χ2v) is 3.88. The Balaban J connectivity index is 2.43. The van der Waals surface area contributed by atoms with Gasteiger partial charge in [-0.1, -0.05) is 0 Å². The van der Waals surface area contributed by atoms with Gasteiger partial charge in [-0.25, -0.2) is 4.79 Å². The molecule has 2 rings (SSSR count). The number of methoxy groups -OCH3 is 1. The van der Waals surface area contributed by atoms with Gasteiger partial charge in [0.2, 0.25) is 0 Å². The van der Waals surface area contributed by atoms with E-state index in [1.54, 1.807) is 0 Å². The molecule has 1 fully saturated rings. The number of esters is 1. The van der Waals surface area contributed by atoms with Crippen LogP contribution in [0.1, 0.15) is 40.6 Å². The molecular formula is C11H15NO2. The third-order valence-corrected chi connectivity index (χ3v) is 2.80. The Hall–Kier alpha value is -1.25. The highest BCUT2D eigenvalue weighted by atomic mass is 16.5. The molecule has 3 heteroatoms. The Kier molecular flexibility index (Phi) is 2.10. The molecule has 0 aliphatic heterocycles. The molecule has 1 aromatic rings. The minimum absolute atomic E-state index is 0.231. The molecule has 0 spiro atoms. The normalized spacial score (nSPS) is 15.6. The third kappa shape index (κ3) is 1.33. The smallest absolute Gasteiger partial charge is 0.339 e. The minimum atomic E-state index is -0.231. The molecule has 76 valence electrons. The van der Waals surface area contributed by atoms with E-state index in [1.165, 1.54) is 20.0 Å². The van der Waals surface area contributed by atoms with E-state index in [9.17, 15) is 4.79 Å². The molecule has 0 aromatic carbocycles. The fraction of sp³-hybridized carbons (Fsp3) is 0.545. The number of ether oxygens (including phenoxy) is 1. The molecule has 0 bridgehead atoms. The van der Waals surface area contributed by atoms with Gasteiger partial charge in [0.1, 0.15) is 0 Å². The van der Waals surface area contributed by atoms with Crippen LogP contribution in [-0.2, 0) is 4.74 Å². The van der Waals surface area contributed by atoms with Gasteiger partial charge < -0.3 is 9.30 Å². The van der Waals surface area contributed by atoms with Crippen LogP contribution in [0.25, 0.3) is 0 Å². The van der Waals surface area contributed by atoms with Crippen molar-refractivity contribution in [2.45, 2.75) is 32.7 Å². The first-order chi connectivity index (χ1) is 6.65. The number of carbonyl (C=O) groups is 1. The van der Waals surface area contributed by atoms with E-state index < -0.39 is 0 Å². The van der Waals surface area contributed by atoms with Crippen molar-refractivity contribution in [3.8, 4) is 0 Å². The maximum Gasteiger partial charge on any atom is 0.339 e. The van der Waals surface area contributed by atoms with Crippen molar-refractivity contribution in [2.75, 3.05) is 7.11 Å². The quantitative estimate of drug-likeness (QED) is 0.674. The standard InChI is InChI=1S/C11H15NO2/c1-7-6-10(11(13)14-3)8(2)12(7)9-4-5-9/h6,9H,4-5H2,1-3H3. The summed E-state index contributed by atoms with van der Waals surface area (Å²) in [5, 5.41) is 0. The second kappa shape index (κ2) is 3.15. The molecule has 0 atom stereocenters. The Morgan fingerprint density at radius 2 is 2.14 bits per heavy atom. The molecule has 0 unspecified atom stereocenters. The zero-order chi connectivity index (χ0) is 10.3. The Labute approximate surface area is 83.7 Å². The van der Waals surface area contributed by atoms with Crippen molar-refractivity contribution in [1.82, 2.24) is 4.57 Å². The number of aromatic nitrogens is 1. The topological polar surface area (TPSA) is 31.2 Å². The molecular weight excluding hydrogens is 178 g/mol. The summed E-state index contributed by atoms with van der Waals surface area (Å²) in [6.07, 6.45) is 2.47. The summed E-state index contributed by atoms with van der Waals surface area (Å²) in [6, 6.07) is 2.54. The first kappa shape index (κ1) is 9.31. The molecule has 1 aliphatic rings. The zero-order valence-corrected chi connectivity index (χ0v) is 8.83. The van der Waals surface area contributed by atoms with Crippen molar-refractivity contribution in [3.63, 3.8) is 0 Å². The van der Waals surface area contributed by atoms with Crippen LogP contribution in [0.5, 0.6) is 0 Å². The summed E-state index contributed by atoms with van der Waals surface area (Å²) in [5.74, 6) is -0.231. The number of rotatable bonds is 2. The summed E-state index contributed by atoms with van der Waals surface area (Å²) in [6.45, 7) is 4.02. The van der Waals surface area contributed by atoms with Crippen molar-refractivity contribution < 1.29 is 9.53 Å². The van der Waals surface area contributed by atoms with Gasteiger partial charge in [0, 0.05) is 17.4 Å². The van der Waals surface area contributed by atoms with E-state index in [2.05, 4.69) is 4.57 Å². The largest absolute Gasteiger partial charge is 0.465 e. The van der Waals surface area contributed by atoms with Crippen molar-refractivity contribution in [2.24, 2.45) is 0 Å². The summed E-state index contributed by atoms with van der Waals surface area (Å²) >= 11 is 0. The van der Waals surface area contributed by atoms with E-state index in [0.29, 0.717) is 11.6 Å². The monoisotopic (exact) mass is 193 g/mol. The molecule has 14 heavy (non-hydrogen) atoms. The van der Waals surface area contributed by atoms with Crippen LogP contribution in [-0.4, -0.2) is 17.6 Å². The minimum Gasteiger partial charge on any atom is -0.465 e. The van der Waals surface area contributed by atoms with E-state index >= 15 is 0 Å². The van der Waals surface area contributed by atoms with Crippen LogP contribution < -0.4 is 0 Å². The third-order valence-electron chi connectivity index (χ3n) is 2.80. The van der Waals surface area contributed by atoms with Crippen LogP contribution in [0.3, 0.4) is 0 Å². The summed E-state index contributed by atoms with van der Waals surface area (Å²) in [4.78, 5) is 11.4. The number of hydrogen-bond acceptors (Lipinski definition) is 2. The lowest BCUT2D eigenvalue weighted by molar-refractivity contribution is 0.0600. The highest BCUT2D eigenvalue weighted by Gasteiger charge is 2.28. The summed E-state index contributed by atoms with van der Waals surface area (Å²) in [7, 11) is 1.42. The zero-order valence-electron chi connectivity index (χ0n) is 8.83. The number of nitrogens with zero attached hydrogens (tertiary/aromatic N) is 1. The van der Waals surface area contributed by atoms with Gasteiger partial charge >= 0.3 is 5.97 Å². The van der Waals surface area contributed by atoms with Crippen molar-refractivity contribution >= 4 is 5.97 Å². The molecule has 1 aliphatic carbocycles. The van der Waals surface area contributed by atoms with Gasteiger partial charge in [-0.05, 0) is 32.8 Å². The fourth-order valence-corrected chi connectivity index (χ4v) is 1.99. The molecule has 1 aromatic heterocycles. The Bertz CT molecular complexity index is 375. The molecule has 0 amide bonds. The number of hydrogen-bond donors (Lipinski definition) is 0. The highest BCUT2D eigenvalue weighted by molar-refractivity contribution is 5.91. The summed E-state index contributed by atoms with van der Waals surface area (Å²) < 4.78 is 6.98. The predicted molar refractivity (Wildman–Crippen MR) is 53.5 cm³/mol. The highest BCUT2D eigenvalue weighted by Crippen LogP contribution is 2.38. The average molecular weight is 193 g/mol. The Morgan fingerprint density at radius 1 is 1.50 bits per heavy atom. The fourth-order valence-electron chi connectivity index (χ4n) is 1.99. The second-order valence-electron chi connectivity index (χ2n) is 3.88. The van der Waals surface area contributed by atoms with Gasteiger partial charge in [-0.3, -0.25) is 0 Å². The number of carbonyl (C=O) groups excluding carboxylic acids is 1. The molecule has 0 saturated heterocycles. The first-order valence-corrected chi connectivity index (χ1v) is 4.92. The average Bonchev–Trinajstić information content (AvgIpc) is 2.93. The van der Waals surface area contributed by atoms with Crippen molar-refractivity contribution in [3.05, 3.63) is 23.0 Å². The van der Waals surface area contributed by atoms with Gasteiger partial charge in [0.05, 0.1) is 12.7 Å². The Morgan fingerprint density at radius 3 is 2.64 bits per heavy atom. The lowest BCUT2D eigenvalue weighted by Crippen LogP contribution is -2.04. The van der Waals surface area contributed by atoms with Gasteiger partial charge in [0.25, 0.3) is 0 Å². The van der Waals surface area contributed by atoms with Crippen molar-refractivity contribution in [1.29, 1.82) is 0 Å². The van der Waals surface area contributed by atoms with Crippen LogP contribution in [0.4, 0.5) is 0 Å². The number of aryl methyl sites for hydroxylation is 1. The van der Waals surface area contributed by atoms with Crippen LogP contribution in [0, 0.1) is 13.8 Å². The molecule has 0 N–H and O–H groups in total. The van der Waals surface area contributed by atoms with Gasteiger partial charge in [0.15, 0.2) is 0 Å². The van der Waals surface area contributed by atoms with Crippen LogP contribution in [0.2, 0.25) is 0 Å². The lowest BCUT2D eigenvalue weighted by atomic mass is 10.2. The van der Waals surface area contributed by atoms with Gasteiger partial charge in [-0.15, -0.1) is 0 Å². The van der Waals surface area contributed by atoms with E-state index in [-0.39, 0.29) is 5.97 Å². The molecule has 3 nitrogen and oxygen atoms in total. The lowest BCUT2D eigenvalue weighted by Gasteiger charge is -2.06. The molecule has 1 saturated carbocycles. The maximum absolute atomic E-state index is 11.4. The van der Waals surface area contributed by atoms with Crippen LogP contribution in [0.15, 0.2) is 6.07 Å². The van der Waals surface area contributed by atoms with E-state index in [4.69, 9.17) is 4.74 Å². The SMILES string of the molecule is COC(=O)c1cc(C)n(C2CC2)c1C. The van der Waals surface area contributed by atoms with Gasteiger partial charge in [-0.2, -0.15) is 0 Å². The first-order valence-electron chi connectivity index (χ1n) is 4.92. The molecule has 1 heterocycles. The predicted octanol–water partition coefficient (Wildman–Crippen LogP) is 2.23. The molecule has 0 radical (unpaired) electrons. The van der Waals surface area contributed by atoms with E-state index in [1.807, 2.05) is 19.9 Å². The van der Waals surface area contributed by atoms with E-state index in [0.717, 1.165) is 11.4 Å². The maximum atomic E-state index is 11.4. The van der Waals surface area contributed by atoms with Crippen LogP contribution >= 0.6 is 0 Å².